The third-order valence-electron chi connectivity index (χ3n) is 9.00. The average Bonchev–Trinajstić information content (AvgIpc) is 3.53. The molecule has 0 aliphatic heterocycles. The number of benzene rings is 7. The predicted molar refractivity (Wildman–Crippen MR) is 197 cm³/mol. The molecule has 2 aromatic heterocycles. The topological polar surface area (TPSA) is 51.8 Å². The lowest BCUT2D eigenvalue weighted by Gasteiger charge is -2.10. The van der Waals surface area contributed by atoms with Gasteiger partial charge in [-0.25, -0.2) is 15.0 Å². The van der Waals surface area contributed by atoms with E-state index in [-0.39, 0.29) is 0 Å². The molecule has 0 aliphatic rings. The van der Waals surface area contributed by atoms with E-state index in [1.165, 1.54) is 16.5 Å². The molecule has 0 saturated carbocycles. The molecular formula is C44H29N3O. The van der Waals surface area contributed by atoms with Crippen molar-refractivity contribution in [1.29, 1.82) is 0 Å². The summed E-state index contributed by atoms with van der Waals surface area (Å²) in [5.74, 6) is 1.91. The highest BCUT2D eigenvalue weighted by Gasteiger charge is 2.16. The fourth-order valence-corrected chi connectivity index (χ4v) is 6.51. The summed E-state index contributed by atoms with van der Waals surface area (Å²) >= 11 is 0. The van der Waals surface area contributed by atoms with Crippen LogP contribution in [0.2, 0.25) is 0 Å². The van der Waals surface area contributed by atoms with Crippen molar-refractivity contribution in [2.24, 2.45) is 0 Å². The van der Waals surface area contributed by atoms with Gasteiger partial charge in [-0.3, -0.25) is 0 Å². The van der Waals surface area contributed by atoms with Crippen LogP contribution in [0.25, 0.3) is 89.1 Å². The van der Waals surface area contributed by atoms with Crippen LogP contribution in [0.1, 0.15) is 5.56 Å². The summed E-state index contributed by atoms with van der Waals surface area (Å²) in [5, 5.41) is 4.58. The summed E-state index contributed by atoms with van der Waals surface area (Å²) in [7, 11) is 0. The Morgan fingerprint density at radius 3 is 1.71 bits per heavy atom. The smallest absolute Gasteiger partial charge is 0.164 e. The number of aromatic nitrogens is 3. The molecule has 226 valence electrons. The number of hydrogen-bond donors (Lipinski definition) is 0. The lowest BCUT2D eigenvalue weighted by Crippen LogP contribution is -2.00. The Hall–Kier alpha value is -6.39. The monoisotopic (exact) mass is 615 g/mol. The number of aryl methyl sites for hydroxylation is 1. The van der Waals surface area contributed by atoms with Crippen molar-refractivity contribution in [3.8, 4) is 56.4 Å². The molecule has 4 heteroatoms. The van der Waals surface area contributed by atoms with E-state index in [2.05, 4.69) is 153 Å². The highest BCUT2D eigenvalue weighted by atomic mass is 16.3. The molecule has 0 bridgehead atoms. The molecule has 0 aliphatic carbocycles. The van der Waals surface area contributed by atoms with Crippen LogP contribution in [0.3, 0.4) is 0 Å². The molecule has 0 saturated heterocycles. The van der Waals surface area contributed by atoms with Gasteiger partial charge < -0.3 is 4.42 Å². The molecule has 4 nitrogen and oxygen atoms in total. The second-order valence-corrected chi connectivity index (χ2v) is 12.2. The standard InChI is InChI=1S/C44H29N3O/c1-28-14-25-39-38(26-28)41-37(12-7-13-40(41)48-39)32-18-22-34(23-19-32)43-45-42(33-20-15-31(16-21-33)29-8-3-2-4-9-29)46-44(47-43)36-24-17-30-10-5-6-11-35(30)27-36/h2-27H,1H3. The molecular weight excluding hydrogens is 587 g/mol. The predicted octanol–water partition coefficient (Wildman–Crippen LogP) is 11.6. The summed E-state index contributed by atoms with van der Waals surface area (Å²) in [6.07, 6.45) is 0. The van der Waals surface area contributed by atoms with E-state index < -0.39 is 0 Å². The van der Waals surface area contributed by atoms with Gasteiger partial charge in [-0.2, -0.15) is 0 Å². The van der Waals surface area contributed by atoms with Crippen molar-refractivity contribution in [2.45, 2.75) is 6.92 Å². The molecule has 0 atom stereocenters. The molecule has 0 fully saturated rings. The highest BCUT2D eigenvalue weighted by molar-refractivity contribution is 6.12. The molecule has 7 aromatic carbocycles. The Morgan fingerprint density at radius 1 is 0.396 bits per heavy atom. The first-order chi connectivity index (χ1) is 23.7. The molecule has 0 radical (unpaired) electrons. The van der Waals surface area contributed by atoms with Crippen molar-refractivity contribution >= 4 is 32.7 Å². The molecule has 9 aromatic rings. The van der Waals surface area contributed by atoms with Gasteiger partial charge in [0.1, 0.15) is 11.2 Å². The fourth-order valence-electron chi connectivity index (χ4n) is 6.51. The summed E-state index contributed by atoms with van der Waals surface area (Å²) in [6, 6.07) is 54.6. The third-order valence-corrected chi connectivity index (χ3v) is 9.00. The van der Waals surface area contributed by atoms with E-state index >= 15 is 0 Å². The van der Waals surface area contributed by atoms with Crippen LogP contribution in [0.15, 0.2) is 162 Å². The Bertz CT molecular complexity index is 2600. The van der Waals surface area contributed by atoms with Gasteiger partial charge in [-0.1, -0.05) is 139 Å². The minimum absolute atomic E-state index is 0.629. The number of furan rings is 1. The maximum Gasteiger partial charge on any atom is 0.164 e. The van der Waals surface area contributed by atoms with Gasteiger partial charge in [0, 0.05) is 27.5 Å². The Labute approximate surface area is 278 Å². The van der Waals surface area contributed by atoms with Gasteiger partial charge in [0.2, 0.25) is 0 Å². The normalized spacial score (nSPS) is 11.4. The van der Waals surface area contributed by atoms with Crippen LogP contribution >= 0.6 is 0 Å². The lowest BCUT2D eigenvalue weighted by atomic mass is 9.98. The second-order valence-electron chi connectivity index (χ2n) is 12.2. The zero-order valence-corrected chi connectivity index (χ0v) is 26.3. The molecule has 0 spiro atoms. The molecule has 0 N–H and O–H groups in total. The first-order valence-corrected chi connectivity index (χ1v) is 16.1. The van der Waals surface area contributed by atoms with Crippen LogP contribution in [-0.4, -0.2) is 15.0 Å². The van der Waals surface area contributed by atoms with E-state index in [1.807, 2.05) is 12.1 Å². The lowest BCUT2D eigenvalue weighted by molar-refractivity contribution is 0.669. The second kappa shape index (κ2) is 11.4. The zero-order chi connectivity index (χ0) is 32.0. The molecule has 9 rings (SSSR count). The minimum atomic E-state index is 0.629. The van der Waals surface area contributed by atoms with Crippen LogP contribution < -0.4 is 0 Å². The van der Waals surface area contributed by atoms with Crippen molar-refractivity contribution in [1.82, 2.24) is 15.0 Å². The van der Waals surface area contributed by atoms with Crippen LogP contribution in [0.4, 0.5) is 0 Å². The van der Waals surface area contributed by atoms with Gasteiger partial charge in [-0.15, -0.1) is 0 Å². The van der Waals surface area contributed by atoms with Gasteiger partial charge in [-0.05, 0) is 64.2 Å². The van der Waals surface area contributed by atoms with Crippen LogP contribution in [0, 0.1) is 6.92 Å². The molecule has 0 unspecified atom stereocenters. The first kappa shape index (κ1) is 27.9. The van der Waals surface area contributed by atoms with E-state index in [0.29, 0.717) is 17.5 Å². The quantitative estimate of drug-likeness (QED) is 0.193. The van der Waals surface area contributed by atoms with E-state index in [0.717, 1.165) is 60.7 Å². The Kier molecular flexibility index (Phi) is 6.65. The molecule has 2 heterocycles. The van der Waals surface area contributed by atoms with Gasteiger partial charge in [0.25, 0.3) is 0 Å². The zero-order valence-electron chi connectivity index (χ0n) is 26.3. The van der Waals surface area contributed by atoms with Crippen molar-refractivity contribution in [2.75, 3.05) is 0 Å². The fraction of sp³-hybridized carbons (Fsp3) is 0.0227. The first-order valence-electron chi connectivity index (χ1n) is 16.1. The van der Waals surface area contributed by atoms with Gasteiger partial charge in [0.15, 0.2) is 17.5 Å². The maximum absolute atomic E-state index is 6.21. The summed E-state index contributed by atoms with van der Waals surface area (Å²) in [6.45, 7) is 2.11. The molecule has 48 heavy (non-hydrogen) atoms. The summed E-state index contributed by atoms with van der Waals surface area (Å²) in [5.41, 5.74) is 10.4. The third kappa shape index (κ3) is 5.01. The van der Waals surface area contributed by atoms with Crippen LogP contribution in [0.5, 0.6) is 0 Å². The number of rotatable bonds is 5. The Morgan fingerprint density at radius 2 is 0.979 bits per heavy atom. The Balaban J connectivity index is 1.15. The van der Waals surface area contributed by atoms with Crippen molar-refractivity contribution < 1.29 is 4.42 Å². The minimum Gasteiger partial charge on any atom is -0.456 e. The summed E-state index contributed by atoms with van der Waals surface area (Å²) < 4.78 is 6.21. The van der Waals surface area contributed by atoms with E-state index in [9.17, 15) is 0 Å². The summed E-state index contributed by atoms with van der Waals surface area (Å²) in [4.78, 5) is 15.1. The highest BCUT2D eigenvalue weighted by Crippen LogP contribution is 2.38. The maximum atomic E-state index is 6.21. The van der Waals surface area contributed by atoms with Gasteiger partial charge in [0.05, 0.1) is 0 Å². The van der Waals surface area contributed by atoms with Crippen molar-refractivity contribution in [3.05, 3.63) is 163 Å². The molecule has 0 amide bonds. The number of nitrogens with zero attached hydrogens (tertiary/aromatic N) is 3. The number of hydrogen-bond acceptors (Lipinski definition) is 4. The van der Waals surface area contributed by atoms with Crippen LogP contribution in [-0.2, 0) is 0 Å². The SMILES string of the molecule is Cc1ccc2oc3cccc(-c4ccc(-c5nc(-c6ccc(-c7ccccc7)cc6)nc(-c6ccc7ccccc7c6)n5)cc4)c3c2c1. The van der Waals surface area contributed by atoms with E-state index in [4.69, 9.17) is 19.4 Å². The number of fused-ring (bicyclic) bond motifs is 4. The largest absolute Gasteiger partial charge is 0.456 e. The van der Waals surface area contributed by atoms with E-state index in [1.54, 1.807) is 0 Å². The average molecular weight is 616 g/mol. The van der Waals surface area contributed by atoms with Gasteiger partial charge >= 0.3 is 0 Å². The van der Waals surface area contributed by atoms with Crippen molar-refractivity contribution in [3.63, 3.8) is 0 Å².